The van der Waals surface area contributed by atoms with E-state index in [2.05, 4.69) is 4.98 Å². The number of nitrogens with zero attached hydrogens (tertiary/aromatic N) is 2. The molecular weight excluding hydrogens is 327 g/mol. The SMILES string of the molecule is CCOC(=O)c1c(Cl)c2ncc(S(=O)(=O)Cl)cc2n1C. The minimum Gasteiger partial charge on any atom is -0.461 e. The predicted octanol–water partition coefficient (Wildman–Crippen LogP) is 2.33. The molecule has 0 amide bonds. The van der Waals surface area contributed by atoms with Gasteiger partial charge in [-0.2, -0.15) is 0 Å². The number of ether oxygens (including phenoxy) is 1. The van der Waals surface area contributed by atoms with Gasteiger partial charge in [0.15, 0.2) is 0 Å². The van der Waals surface area contributed by atoms with E-state index in [4.69, 9.17) is 27.0 Å². The van der Waals surface area contributed by atoms with Crippen LogP contribution < -0.4 is 0 Å². The molecule has 108 valence electrons. The molecule has 0 atom stereocenters. The third kappa shape index (κ3) is 2.48. The van der Waals surface area contributed by atoms with Crippen molar-refractivity contribution in [3.05, 3.63) is 23.0 Å². The summed E-state index contributed by atoms with van der Waals surface area (Å²) in [4.78, 5) is 15.6. The number of pyridine rings is 1. The smallest absolute Gasteiger partial charge is 0.356 e. The standard InChI is InChI=1S/C11H10Cl2N2O4S/c1-3-19-11(16)10-8(12)9-7(15(10)2)4-6(5-14-9)20(13,17)18/h4-5H,3H2,1-2H3. The molecule has 0 radical (unpaired) electrons. The summed E-state index contributed by atoms with van der Waals surface area (Å²) in [6.07, 6.45) is 1.09. The first-order valence-electron chi connectivity index (χ1n) is 5.53. The first-order chi connectivity index (χ1) is 9.27. The van der Waals surface area contributed by atoms with Gasteiger partial charge in [0.1, 0.15) is 16.1 Å². The number of carbonyl (C=O) groups is 1. The van der Waals surface area contributed by atoms with Crippen LogP contribution in [0.3, 0.4) is 0 Å². The lowest BCUT2D eigenvalue weighted by Gasteiger charge is -2.04. The van der Waals surface area contributed by atoms with E-state index in [-0.39, 0.29) is 22.2 Å². The van der Waals surface area contributed by atoms with E-state index >= 15 is 0 Å². The van der Waals surface area contributed by atoms with Crippen LogP contribution in [0.15, 0.2) is 17.2 Å². The highest BCUT2D eigenvalue weighted by molar-refractivity contribution is 8.13. The van der Waals surface area contributed by atoms with E-state index in [1.807, 2.05) is 0 Å². The summed E-state index contributed by atoms with van der Waals surface area (Å²) in [5, 5.41) is 0.111. The minimum atomic E-state index is -3.91. The van der Waals surface area contributed by atoms with Gasteiger partial charge in [0, 0.05) is 23.9 Å². The van der Waals surface area contributed by atoms with Crippen LogP contribution >= 0.6 is 22.3 Å². The van der Waals surface area contributed by atoms with E-state index in [1.165, 1.54) is 10.6 Å². The number of rotatable bonds is 3. The van der Waals surface area contributed by atoms with Gasteiger partial charge in [-0.1, -0.05) is 11.6 Å². The van der Waals surface area contributed by atoms with Crippen molar-refractivity contribution in [2.45, 2.75) is 11.8 Å². The average molecular weight is 337 g/mol. The Bertz CT molecular complexity index is 798. The fourth-order valence-corrected chi connectivity index (χ4v) is 2.83. The summed E-state index contributed by atoms with van der Waals surface area (Å²) in [6, 6.07) is 1.30. The molecule has 0 N–H and O–H groups in total. The maximum Gasteiger partial charge on any atom is 0.356 e. The van der Waals surface area contributed by atoms with Gasteiger partial charge in [0.25, 0.3) is 9.05 Å². The molecule has 0 saturated heterocycles. The van der Waals surface area contributed by atoms with Crippen LogP contribution in [-0.2, 0) is 20.8 Å². The van der Waals surface area contributed by atoms with E-state index in [1.54, 1.807) is 14.0 Å². The first kappa shape index (κ1) is 15.1. The van der Waals surface area contributed by atoms with Gasteiger partial charge in [0.2, 0.25) is 0 Å². The van der Waals surface area contributed by atoms with Crippen LogP contribution in [0.4, 0.5) is 0 Å². The van der Waals surface area contributed by atoms with Crippen molar-refractivity contribution in [2.75, 3.05) is 6.61 Å². The molecule has 0 spiro atoms. The summed E-state index contributed by atoms with van der Waals surface area (Å²) in [7, 11) is 2.92. The fraction of sp³-hybridized carbons (Fsp3) is 0.273. The molecule has 0 aromatic carbocycles. The number of esters is 1. The zero-order chi connectivity index (χ0) is 15.1. The van der Waals surface area contributed by atoms with Crippen LogP contribution in [-0.4, -0.2) is 30.5 Å². The Morgan fingerprint density at radius 3 is 2.70 bits per heavy atom. The summed E-state index contributed by atoms with van der Waals surface area (Å²) >= 11 is 6.09. The summed E-state index contributed by atoms with van der Waals surface area (Å²) in [6.45, 7) is 1.87. The molecule has 0 aliphatic carbocycles. The molecule has 9 heteroatoms. The van der Waals surface area contributed by atoms with Gasteiger partial charge in [-0.05, 0) is 13.0 Å². The maximum atomic E-state index is 11.8. The third-order valence-electron chi connectivity index (χ3n) is 2.71. The number of fused-ring (bicyclic) bond motifs is 1. The average Bonchev–Trinajstić information content (AvgIpc) is 2.61. The highest BCUT2D eigenvalue weighted by Crippen LogP contribution is 2.30. The van der Waals surface area contributed by atoms with Crippen molar-refractivity contribution >= 4 is 48.3 Å². The molecule has 2 heterocycles. The minimum absolute atomic E-state index is 0.111. The second kappa shape index (κ2) is 5.23. The number of aryl methyl sites for hydroxylation is 1. The molecule has 0 aliphatic rings. The second-order valence-corrected chi connectivity index (χ2v) is 6.86. The fourth-order valence-electron chi connectivity index (χ4n) is 1.80. The number of carbonyl (C=O) groups excluding carboxylic acids is 1. The Kier molecular flexibility index (Phi) is 3.95. The molecule has 2 aromatic rings. The molecule has 2 aromatic heterocycles. The lowest BCUT2D eigenvalue weighted by molar-refractivity contribution is 0.0516. The van der Waals surface area contributed by atoms with Gasteiger partial charge in [-0.25, -0.2) is 13.2 Å². The molecule has 0 bridgehead atoms. The molecule has 20 heavy (non-hydrogen) atoms. The van der Waals surface area contributed by atoms with Crippen LogP contribution in [0.1, 0.15) is 17.4 Å². The van der Waals surface area contributed by atoms with E-state index in [9.17, 15) is 13.2 Å². The molecule has 0 unspecified atom stereocenters. The molecule has 0 aliphatic heterocycles. The van der Waals surface area contributed by atoms with Crippen LogP contribution in [0.5, 0.6) is 0 Å². The Labute approximate surface area is 124 Å². The number of hydrogen-bond donors (Lipinski definition) is 0. The van der Waals surface area contributed by atoms with Crippen LogP contribution in [0.25, 0.3) is 11.0 Å². The first-order valence-corrected chi connectivity index (χ1v) is 8.21. The highest BCUT2D eigenvalue weighted by atomic mass is 35.7. The van der Waals surface area contributed by atoms with Crippen LogP contribution in [0, 0.1) is 0 Å². The van der Waals surface area contributed by atoms with Crippen molar-refractivity contribution in [3.63, 3.8) is 0 Å². The lowest BCUT2D eigenvalue weighted by atomic mass is 10.3. The molecule has 6 nitrogen and oxygen atoms in total. The lowest BCUT2D eigenvalue weighted by Crippen LogP contribution is -2.10. The maximum absolute atomic E-state index is 11.8. The van der Waals surface area contributed by atoms with Crippen LogP contribution in [0.2, 0.25) is 5.02 Å². The van der Waals surface area contributed by atoms with E-state index < -0.39 is 15.0 Å². The van der Waals surface area contributed by atoms with E-state index in [0.717, 1.165) is 6.20 Å². The zero-order valence-electron chi connectivity index (χ0n) is 10.6. The normalized spacial score (nSPS) is 11.8. The highest BCUT2D eigenvalue weighted by Gasteiger charge is 2.23. The Morgan fingerprint density at radius 1 is 1.50 bits per heavy atom. The summed E-state index contributed by atoms with van der Waals surface area (Å²) < 4.78 is 28.9. The quantitative estimate of drug-likeness (QED) is 0.634. The largest absolute Gasteiger partial charge is 0.461 e. The van der Waals surface area contributed by atoms with Crippen molar-refractivity contribution in [2.24, 2.45) is 7.05 Å². The monoisotopic (exact) mass is 336 g/mol. The summed E-state index contributed by atoms with van der Waals surface area (Å²) in [5.74, 6) is -0.603. The van der Waals surface area contributed by atoms with Gasteiger partial charge >= 0.3 is 5.97 Å². The van der Waals surface area contributed by atoms with Crippen molar-refractivity contribution in [1.82, 2.24) is 9.55 Å². The van der Waals surface area contributed by atoms with Gasteiger partial charge in [0.05, 0.1) is 17.1 Å². The zero-order valence-corrected chi connectivity index (χ0v) is 12.9. The molecular formula is C11H10Cl2N2O4S. The van der Waals surface area contributed by atoms with Crippen molar-refractivity contribution in [3.8, 4) is 0 Å². The van der Waals surface area contributed by atoms with E-state index in [0.29, 0.717) is 11.0 Å². The van der Waals surface area contributed by atoms with Crippen molar-refractivity contribution in [1.29, 1.82) is 0 Å². The Hall–Kier alpha value is -1.31. The molecule has 2 rings (SSSR count). The number of halogens is 2. The number of hydrogen-bond acceptors (Lipinski definition) is 5. The second-order valence-electron chi connectivity index (χ2n) is 3.92. The number of aromatic nitrogens is 2. The summed E-state index contributed by atoms with van der Waals surface area (Å²) in [5.41, 5.74) is 0.793. The Morgan fingerprint density at radius 2 is 2.15 bits per heavy atom. The molecule has 0 fully saturated rings. The predicted molar refractivity (Wildman–Crippen MR) is 74.7 cm³/mol. The van der Waals surface area contributed by atoms with Crippen molar-refractivity contribution < 1.29 is 17.9 Å². The van der Waals surface area contributed by atoms with Gasteiger partial charge in [-0.3, -0.25) is 4.98 Å². The van der Waals surface area contributed by atoms with Gasteiger partial charge < -0.3 is 9.30 Å². The topological polar surface area (TPSA) is 78.3 Å². The third-order valence-corrected chi connectivity index (χ3v) is 4.38. The van der Waals surface area contributed by atoms with Gasteiger partial charge in [-0.15, -0.1) is 0 Å². The molecule has 0 saturated carbocycles. The Balaban J connectivity index is 2.73.